The van der Waals surface area contributed by atoms with Crippen molar-refractivity contribution in [3.63, 3.8) is 0 Å². The lowest BCUT2D eigenvalue weighted by atomic mass is 9.96. The minimum atomic E-state index is -0.252. The number of ether oxygens (including phenoxy) is 1. The number of ketones is 1. The number of carbonyl (C=O) groups excluding carboxylic acids is 1. The molecule has 2 nitrogen and oxygen atoms in total. The van der Waals surface area contributed by atoms with Crippen LogP contribution in [0.5, 0.6) is 0 Å². The summed E-state index contributed by atoms with van der Waals surface area (Å²) in [6, 6.07) is 6.17. The Kier molecular flexibility index (Phi) is 3.67. The Morgan fingerprint density at radius 3 is 2.69 bits per heavy atom. The van der Waals surface area contributed by atoms with Crippen molar-refractivity contribution >= 4 is 5.78 Å². The van der Waals surface area contributed by atoms with Crippen molar-refractivity contribution in [3.05, 3.63) is 35.6 Å². The van der Waals surface area contributed by atoms with E-state index in [0.29, 0.717) is 13.0 Å². The lowest BCUT2D eigenvalue weighted by molar-refractivity contribution is -0.134. The SMILES string of the molecule is O=C1CCCCC1OCc1ccc(F)cc1. The summed E-state index contributed by atoms with van der Waals surface area (Å²) in [5.41, 5.74) is 0.903. The lowest BCUT2D eigenvalue weighted by Crippen LogP contribution is -2.27. The molecule has 1 aliphatic carbocycles. The summed E-state index contributed by atoms with van der Waals surface area (Å²) in [5, 5.41) is 0. The van der Waals surface area contributed by atoms with Gasteiger partial charge in [0.1, 0.15) is 11.9 Å². The first-order valence-electron chi connectivity index (χ1n) is 5.64. The van der Waals surface area contributed by atoms with Gasteiger partial charge >= 0.3 is 0 Å². The van der Waals surface area contributed by atoms with E-state index in [0.717, 1.165) is 24.8 Å². The molecule has 1 saturated carbocycles. The third-order valence-corrected chi connectivity index (χ3v) is 2.86. The minimum Gasteiger partial charge on any atom is -0.366 e. The van der Waals surface area contributed by atoms with Gasteiger partial charge < -0.3 is 4.74 Å². The number of rotatable bonds is 3. The van der Waals surface area contributed by atoms with Crippen molar-refractivity contribution < 1.29 is 13.9 Å². The fourth-order valence-electron chi connectivity index (χ4n) is 1.90. The van der Waals surface area contributed by atoms with Gasteiger partial charge in [-0.05, 0) is 37.0 Å². The van der Waals surface area contributed by atoms with Crippen molar-refractivity contribution in [1.29, 1.82) is 0 Å². The van der Waals surface area contributed by atoms with Crippen LogP contribution in [0.3, 0.4) is 0 Å². The number of Topliss-reactive ketones (excluding diaryl/α,β-unsaturated/α-hetero) is 1. The molecule has 0 radical (unpaired) electrons. The fraction of sp³-hybridized carbons (Fsp3) is 0.462. The van der Waals surface area contributed by atoms with Gasteiger partial charge in [0.2, 0.25) is 0 Å². The molecule has 1 aromatic rings. The third-order valence-electron chi connectivity index (χ3n) is 2.86. The smallest absolute Gasteiger partial charge is 0.161 e. The molecule has 3 heteroatoms. The maximum Gasteiger partial charge on any atom is 0.161 e. The highest BCUT2D eigenvalue weighted by atomic mass is 19.1. The van der Waals surface area contributed by atoms with Gasteiger partial charge in [-0.3, -0.25) is 4.79 Å². The average molecular weight is 222 g/mol. The standard InChI is InChI=1S/C13H15FO2/c14-11-7-5-10(6-8-11)9-16-13-4-2-1-3-12(13)15/h5-8,13H,1-4,9H2. The Bertz CT molecular complexity index is 359. The molecule has 0 N–H and O–H groups in total. The number of halogens is 1. The van der Waals surface area contributed by atoms with Gasteiger partial charge in [0.05, 0.1) is 6.61 Å². The van der Waals surface area contributed by atoms with Gasteiger partial charge in [0.15, 0.2) is 5.78 Å². The molecule has 0 aromatic heterocycles. The van der Waals surface area contributed by atoms with Gasteiger partial charge in [0.25, 0.3) is 0 Å². The van der Waals surface area contributed by atoms with Crippen LogP contribution < -0.4 is 0 Å². The Labute approximate surface area is 94.4 Å². The second-order valence-corrected chi connectivity index (χ2v) is 4.14. The van der Waals surface area contributed by atoms with Crippen molar-refractivity contribution in [2.45, 2.75) is 38.4 Å². The van der Waals surface area contributed by atoms with Crippen LogP contribution in [-0.2, 0) is 16.1 Å². The zero-order valence-electron chi connectivity index (χ0n) is 9.12. The van der Waals surface area contributed by atoms with E-state index < -0.39 is 0 Å². The van der Waals surface area contributed by atoms with E-state index >= 15 is 0 Å². The second-order valence-electron chi connectivity index (χ2n) is 4.14. The molecule has 1 fully saturated rings. The Hall–Kier alpha value is -1.22. The fourth-order valence-corrected chi connectivity index (χ4v) is 1.90. The molecule has 0 saturated heterocycles. The average Bonchev–Trinajstić information content (AvgIpc) is 2.30. The van der Waals surface area contributed by atoms with Gasteiger partial charge in [-0.25, -0.2) is 4.39 Å². The van der Waals surface area contributed by atoms with Crippen LogP contribution in [-0.4, -0.2) is 11.9 Å². The molecule has 0 amide bonds. The molecule has 1 unspecified atom stereocenters. The molecule has 1 aliphatic rings. The van der Waals surface area contributed by atoms with Gasteiger partial charge in [0, 0.05) is 6.42 Å². The number of benzene rings is 1. The van der Waals surface area contributed by atoms with E-state index in [1.54, 1.807) is 12.1 Å². The first-order valence-corrected chi connectivity index (χ1v) is 5.64. The van der Waals surface area contributed by atoms with Crippen LogP contribution in [0, 0.1) is 5.82 Å². The minimum absolute atomic E-state index is 0.202. The van der Waals surface area contributed by atoms with E-state index in [4.69, 9.17) is 4.74 Å². The molecule has 1 aromatic carbocycles. The number of carbonyl (C=O) groups is 1. The van der Waals surface area contributed by atoms with Crippen LogP contribution in [0.1, 0.15) is 31.2 Å². The molecule has 16 heavy (non-hydrogen) atoms. The van der Waals surface area contributed by atoms with Crippen LogP contribution in [0.15, 0.2) is 24.3 Å². The van der Waals surface area contributed by atoms with Gasteiger partial charge in [-0.15, -0.1) is 0 Å². The van der Waals surface area contributed by atoms with Crippen molar-refractivity contribution in [2.75, 3.05) is 0 Å². The summed E-state index contributed by atoms with van der Waals surface area (Å²) in [6.45, 7) is 0.386. The Morgan fingerprint density at radius 1 is 1.25 bits per heavy atom. The van der Waals surface area contributed by atoms with Gasteiger partial charge in [-0.2, -0.15) is 0 Å². The van der Waals surface area contributed by atoms with E-state index in [-0.39, 0.29) is 17.7 Å². The summed E-state index contributed by atoms with van der Waals surface area (Å²) in [7, 11) is 0. The normalized spacial score (nSPS) is 21.1. The zero-order chi connectivity index (χ0) is 11.4. The van der Waals surface area contributed by atoms with Crippen LogP contribution in [0.25, 0.3) is 0 Å². The highest BCUT2D eigenvalue weighted by molar-refractivity contribution is 5.83. The van der Waals surface area contributed by atoms with Crippen molar-refractivity contribution in [3.8, 4) is 0 Å². The van der Waals surface area contributed by atoms with E-state index in [1.807, 2.05) is 0 Å². The Balaban J connectivity index is 1.86. The maximum absolute atomic E-state index is 12.6. The highest BCUT2D eigenvalue weighted by Crippen LogP contribution is 2.18. The molecule has 2 rings (SSSR count). The number of hydrogen-bond acceptors (Lipinski definition) is 2. The van der Waals surface area contributed by atoms with Gasteiger partial charge in [-0.1, -0.05) is 12.1 Å². The zero-order valence-corrected chi connectivity index (χ0v) is 9.12. The predicted octanol–water partition coefficient (Wildman–Crippen LogP) is 2.85. The molecule has 0 spiro atoms. The second kappa shape index (κ2) is 5.21. The molecule has 0 heterocycles. The Morgan fingerprint density at radius 2 is 2.00 bits per heavy atom. The van der Waals surface area contributed by atoms with Crippen LogP contribution in [0.4, 0.5) is 4.39 Å². The quantitative estimate of drug-likeness (QED) is 0.786. The lowest BCUT2D eigenvalue weighted by Gasteiger charge is -2.20. The largest absolute Gasteiger partial charge is 0.366 e. The first-order chi connectivity index (χ1) is 7.75. The van der Waals surface area contributed by atoms with Crippen LogP contribution in [0.2, 0.25) is 0 Å². The molecule has 1 atom stereocenters. The maximum atomic E-state index is 12.6. The third kappa shape index (κ3) is 2.89. The van der Waals surface area contributed by atoms with Crippen LogP contribution >= 0.6 is 0 Å². The molecule has 86 valence electrons. The number of hydrogen-bond donors (Lipinski definition) is 0. The van der Waals surface area contributed by atoms with E-state index in [2.05, 4.69) is 0 Å². The highest BCUT2D eigenvalue weighted by Gasteiger charge is 2.22. The summed E-state index contributed by atoms with van der Waals surface area (Å²) in [5.74, 6) is -0.0501. The predicted molar refractivity (Wildman–Crippen MR) is 58.5 cm³/mol. The molecular formula is C13H15FO2. The summed E-state index contributed by atoms with van der Waals surface area (Å²) < 4.78 is 18.2. The van der Waals surface area contributed by atoms with Crippen molar-refractivity contribution in [1.82, 2.24) is 0 Å². The molecule has 0 aliphatic heterocycles. The summed E-state index contributed by atoms with van der Waals surface area (Å²) in [4.78, 5) is 11.5. The first kappa shape index (κ1) is 11.3. The molecule has 0 bridgehead atoms. The molecular weight excluding hydrogens is 207 g/mol. The summed E-state index contributed by atoms with van der Waals surface area (Å²) in [6.07, 6.45) is 3.24. The topological polar surface area (TPSA) is 26.3 Å². The van der Waals surface area contributed by atoms with E-state index in [9.17, 15) is 9.18 Å². The van der Waals surface area contributed by atoms with Crippen molar-refractivity contribution in [2.24, 2.45) is 0 Å². The monoisotopic (exact) mass is 222 g/mol. The summed E-state index contributed by atoms with van der Waals surface area (Å²) >= 11 is 0. The van der Waals surface area contributed by atoms with E-state index in [1.165, 1.54) is 12.1 Å².